The molecule has 3 heteroatoms. The van der Waals surface area contributed by atoms with E-state index in [0.717, 1.165) is 6.54 Å². The Morgan fingerprint density at radius 3 is 2.80 bits per heavy atom. The number of benzene rings is 1. The smallest absolute Gasteiger partial charge is 0.0553 e. The van der Waals surface area contributed by atoms with Crippen LogP contribution < -0.4 is 10.2 Å². The molecule has 1 unspecified atom stereocenters. The fraction of sp³-hybridized carbons (Fsp3) is 0.294. The molecule has 0 saturated heterocycles. The maximum Gasteiger partial charge on any atom is 0.0553 e. The summed E-state index contributed by atoms with van der Waals surface area (Å²) in [5.41, 5.74) is 2.51. The average Bonchev–Trinajstić information content (AvgIpc) is 2.49. The Hall–Kier alpha value is -1.45. The molecule has 0 aromatic heterocycles. The zero-order valence-corrected chi connectivity index (χ0v) is 13.2. The highest BCUT2D eigenvalue weighted by Gasteiger charge is 2.23. The van der Waals surface area contributed by atoms with E-state index < -0.39 is 0 Å². The Labute approximate surface area is 126 Å². The third-order valence-electron chi connectivity index (χ3n) is 3.38. The van der Waals surface area contributed by atoms with Crippen molar-refractivity contribution in [3.63, 3.8) is 0 Å². The molecule has 0 spiro atoms. The predicted molar refractivity (Wildman–Crippen MR) is 90.2 cm³/mol. The molecule has 1 aromatic rings. The van der Waals surface area contributed by atoms with Gasteiger partial charge in [-0.15, -0.1) is 0 Å². The molecule has 106 valence electrons. The summed E-state index contributed by atoms with van der Waals surface area (Å²) < 4.78 is 0. The van der Waals surface area contributed by atoms with E-state index in [1.165, 1.54) is 21.2 Å². The number of hydrogen-bond acceptors (Lipinski definition) is 3. The second kappa shape index (κ2) is 6.82. The van der Waals surface area contributed by atoms with Crippen molar-refractivity contribution in [2.24, 2.45) is 0 Å². The van der Waals surface area contributed by atoms with E-state index in [1.807, 2.05) is 13.1 Å². The zero-order chi connectivity index (χ0) is 14.5. The van der Waals surface area contributed by atoms with Crippen molar-refractivity contribution < 1.29 is 0 Å². The highest BCUT2D eigenvalue weighted by molar-refractivity contribution is 8.03. The summed E-state index contributed by atoms with van der Waals surface area (Å²) in [6, 6.07) is 8.97. The summed E-state index contributed by atoms with van der Waals surface area (Å²) in [7, 11) is 2.00. The summed E-state index contributed by atoms with van der Waals surface area (Å²) in [4.78, 5) is 4.88. The van der Waals surface area contributed by atoms with Crippen LogP contribution in [0.5, 0.6) is 0 Å². The molecule has 20 heavy (non-hydrogen) atoms. The van der Waals surface area contributed by atoms with E-state index in [4.69, 9.17) is 0 Å². The number of likely N-dealkylation sites (N-methyl/N-ethyl adjacent to an activating group) is 1. The second-order valence-corrected chi connectivity index (χ2v) is 5.91. The van der Waals surface area contributed by atoms with Crippen molar-refractivity contribution in [3.05, 3.63) is 59.7 Å². The van der Waals surface area contributed by atoms with Crippen LogP contribution in [0.15, 0.2) is 64.6 Å². The molecule has 0 saturated carbocycles. The number of rotatable bonds is 5. The van der Waals surface area contributed by atoms with E-state index in [-0.39, 0.29) is 0 Å². The standard InChI is InChI=1S/C17H22N2S/c1-5-9-14-16(6-2)20-17-11-8-7-10-15(17)19(14)12-13(3)18-4/h5-11,13,18H,2,12H2,1,3-4H3/b9-5-. The normalized spacial score (nSPS) is 16.4. The lowest BCUT2D eigenvalue weighted by molar-refractivity contribution is 0.606. The monoisotopic (exact) mass is 286 g/mol. The Morgan fingerprint density at radius 1 is 1.40 bits per heavy atom. The first-order valence-corrected chi connectivity index (χ1v) is 7.74. The second-order valence-electron chi connectivity index (χ2n) is 4.82. The van der Waals surface area contributed by atoms with Crippen molar-refractivity contribution in [2.45, 2.75) is 24.8 Å². The molecule has 1 aromatic carbocycles. The molecule has 0 fully saturated rings. The number of hydrogen-bond donors (Lipinski definition) is 1. The molecule has 0 amide bonds. The van der Waals surface area contributed by atoms with Crippen LogP contribution in [0.4, 0.5) is 5.69 Å². The van der Waals surface area contributed by atoms with Crippen LogP contribution >= 0.6 is 11.8 Å². The van der Waals surface area contributed by atoms with Crippen LogP contribution in [0.2, 0.25) is 0 Å². The first kappa shape index (κ1) is 14.9. The summed E-state index contributed by atoms with van der Waals surface area (Å²) in [6.45, 7) is 9.16. The number of nitrogens with zero attached hydrogens (tertiary/aromatic N) is 1. The van der Waals surface area contributed by atoms with E-state index in [0.29, 0.717) is 6.04 Å². The quantitative estimate of drug-likeness (QED) is 0.874. The number of para-hydroxylation sites is 1. The van der Waals surface area contributed by atoms with Gasteiger partial charge in [-0.05, 0) is 39.1 Å². The SMILES string of the molecule is C=CC1=C(/C=C\C)N(CC(C)NC)c2ccccc2S1. The summed E-state index contributed by atoms with van der Waals surface area (Å²) in [6.07, 6.45) is 6.21. The third-order valence-corrected chi connectivity index (χ3v) is 4.54. The molecular weight excluding hydrogens is 264 g/mol. The maximum absolute atomic E-state index is 3.97. The van der Waals surface area contributed by atoms with Crippen LogP contribution in [0, 0.1) is 0 Å². The van der Waals surface area contributed by atoms with E-state index in [1.54, 1.807) is 11.8 Å². The number of thioether (sulfide) groups is 1. The molecule has 1 aliphatic rings. The van der Waals surface area contributed by atoms with Gasteiger partial charge in [-0.1, -0.05) is 42.6 Å². The maximum atomic E-state index is 3.97. The summed E-state index contributed by atoms with van der Waals surface area (Å²) in [5.74, 6) is 0. The molecule has 0 aliphatic carbocycles. The average molecular weight is 286 g/mol. The molecule has 0 radical (unpaired) electrons. The Balaban J connectivity index is 2.49. The van der Waals surface area contributed by atoms with Crippen molar-refractivity contribution in [1.29, 1.82) is 0 Å². The molecule has 1 heterocycles. The number of fused-ring (bicyclic) bond motifs is 1. The minimum atomic E-state index is 0.414. The largest absolute Gasteiger partial charge is 0.338 e. The molecular formula is C17H22N2S. The van der Waals surface area contributed by atoms with Gasteiger partial charge in [0.2, 0.25) is 0 Å². The van der Waals surface area contributed by atoms with Crippen molar-refractivity contribution in [1.82, 2.24) is 5.32 Å². The number of anilines is 1. The Kier molecular flexibility index (Phi) is 5.10. The lowest BCUT2D eigenvalue weighted by Crippen LogP contribution is -2.38. The van der Waals surface area contributed by atoms with Crippen molar-refractivity contribution >= 4 is 17.4 Å². The number of allylic oxidation sites excluding steroid dienone is 3. The van der Waals surface area contributed by atoms with E-state index >= 15 is 0 Å². The summed E-state index contributed by atoms with van der Waals surface area (Å²) in [5, 5.41) is 3.32. The van der Waals surface area contributed by atoms with Crippen LogP contribution in [0.25, 0.3) is 0 Å². The van der Waals surface area contributed by atoms with Gasteiger partial charge in [-0.25, -0.2) is 0 Å². The lowest BCUT2D eigenvalue weighted by Gasteiger charge is -2.35. The fourth-order valence-corrected chi connectivity index (χ4v) is 3.27. The molecule has 1 atom stereocenters. The van der Waals surface area contributed by atoms with Gasteiger partial charge in [0.15, 0.2) is 0 Å². The van der Waals surface area contributed by atoms with Crippen molar-refractivity contribution in [2.75, 3.05) is 18.5 Å². The van der Waals surface area contributed by atoms with Gasteiger partial charge < -0.3 is 10.2 Å². The topological polar surface area (TPSA) is 15.3 Å². The molecule has 1 N–H and O–H groups in total. The molecule has 1 aliphatic heterocycles. The Morgan fingerprint density at radius 2 is 2.15 bits per heavy atom. The molecule has 0 bridgehead atoms. The van der Waals surface area contributed by atoms with Crippen LogP contribution in [-0.4, -0.2) is 19.6 Å². The molecule has 2 rings (SSSR count). The van der Waals surface area contributed by atoms with Gasteiger partial charge in [0.25, 0.3) is 0 Å². The highest BCUT2D eigenvalue weighted by atomic mass is 32.2. The number of nitrogens with one attached hydrogen (secondary N) is 1. The molecule has 2 nitrogen and oxygen atoms in total. The van der Waals surface area contributed by atoms with Gasteiger partial charge in [0.05, 0.1) is 11.4 Å². The highest BCUT2D eigenvalue weighted by Crippen LogP contribution is 2.43. The predicted octanol–water partition coefficient (Wildman–Crippen LogP) is 4.18. The summed E-state index contributed by atoms with van der Waals surface area (Å²) >= 11 is 1.79. The van der Waals surface area contributed by atoms with E-state index in [2.05, 4.69) is 67.1 Å². The van der Waals surface area contributed by atoms with Crippen LogP contribution in [0.1, 0.15) is 13.8 Å². The van der Waals surface area contributed by atoms with Gasteiger partial charge in [0, 0.05) is 22.4 Å². The third kappa shape index (κ3) is 3.00. The van der Waals surface area contributed by atoms with Crippen LogP contribution in [0.3, 0.4) is 0 Å². The van der Waals surface area contributed by atoms with Gasteiger partial charge >= 0.3 is 0 Å². The van der Waals surface area contributed by atoms with Gasteiger partial charge in [0.1, 0.15) is 0 Å². The Bertz CT molecular complexity index is 546. The van der Waals surface area contributed by atoms with Crippen molar-refractivity contribution in [3.8, 4) is 0 Å². The fourth-order valence-electron chi connectivity index (χ4n) is 2.24. The zero-order valence-electron chi connectivity index (χ0n) is 12.4. The minimum Gasteiger partial charge on any atom is -0.338 e. The lowest BCUT2D eigenvalue weighted by atomic mass is 10.2. The first-order chi connectivity index (χ1) is 9.71. The van der Waals surface area contributed by atoms with Gasteiger partial charge in [-0.3, -0.25) is 0 Å². The van der Waals surface area contributed by atoms with Crippen LogP contribution in [-0.2, 0) is 0 Å². The van der Waals surface area contributed by atoms with E-state index in [9.17, 15) is 0 Å². The van der Waals surface area contributed by atoms with Gasteiger partial charge in [-0.2, -0.15) is 0 Å². The minimum absolute atomic E-state index is 0.414. The first-order valence-electron chi connectivity index (χ1n) is 6.92.